The van der Waals surface area contributed by atoms with E-state index in [0.29, 0.717) is 12.8 Å². The standard InChI is InChI=1S/C50H95NO5/c1-3-5-7-9-11-13-15-16-17-18-19-20-21-22-23-24-25-26-28-30-32-37-41-45-50(55)56-47(42-38-34-31-29-27-14-12-10-8-6-4-2)43-39-35-33-36-40-44-48(52)51-46-49(53)54/h29,31,47H,3-28,30,32-46H2,1-2H3,(H,51,52)(H,53,54)/b31-29-. The summed E-state index contributed by atoms with van der Waals surface area (Å²) >= 11 is 0. The van der Waals surface area contributed by atoms with Gasteiger partial charge in [0.1, 0.15) is 12.6 Å². The lowest BCUT2D eigenvalue weighted by molar-refractivity contribution is -0.150. The number of aliphatic carboxylic acids is 1. The minimum absolute atomic E-state index is 0.000741. The second-order valence-electron chi connectivity index (χ2n) is 17.1. The number of carbonyl (C=O) groups is 3. The number of nitrogens with one attached hydrogen (secondary N) is 1. The lowest BCUT2D eigenvalue weighted by Crippen LogP contribution is -2.28. The highest BCUT2D eigenvalue weighted by molar-refractivity contribution is 5.80. The van der Waals surface area contributed by atoms with Crippen molar-refractivity contribution >= 4 is 17.8 Å². The zero-order valence-corrected chi connectivity index (χ0v) is 37.5. The molecule has 0 saturated carbocycles. The number of esters is 1. The monoisotopic (exact) mass is 790 g/mol. The van der Waals surface area contributed by atoms with Crippen LogP contribution >= 0.6 is 0 Å². The highest BCUT2D eigenvalue weighted by Gasteiger charge is 2.14. The van der Waals surface area contributed by atoms with Crippen LogP contribution in [-0.2, 0) is 19.1 Å². The Morgan fingerprint density at radius 1 is 0.446 bits per heavy atom. The minimum Gasteiger partial charge on any atom is -0.480 e. The summed E-state index contributed by atoms with van der Waals surface area (Å²) in [6.07, 6.45) is 55.1. The van der Waals surface area contributed by atoms with Crippen LogP contribution in [-0.4, -0.2) is 35.6 Å². The van der Waals surface area contributed by atoms with Gasteiger partial charge >= 0.3 is 11.9 Å². The van der Waals surface area contributed by atoms with Crippen molar-refractivity contribution in [1.82, 2.24) is 5.32 Å². The molecule has 0 aromatic carbocycles. The maximum absolute atomic E-state index is 12.8. The van der Waals surface area contributed by atoms with Crippen LogP contribution in [0.5, 0.6) is 0 Å². The van der Waals surface area contributed by atoms with E-state index >= 15 is 0 Å². The SMILES string of the molecule is CCCCCCCC/C=C\CCCC(CCCCCCCC(=O)NCC(=O)O)OC(=O)CCCCCCCCCCCCCCCCCCCCCCCCC. The number of unbranched alkanes of at least 4 members (excludes halogenated alkanes) is 33. The van der Waals surface area contributed by atoms with Crippen LogP contribution in [0.3, 0.4) is 0 Å². The molecule has 0 aromatic rings. The van der Waals surface area contributed by atoms with Gasteiger partial charge in [-0.25, -0.2) is 0 Å². The van der Waals surface area contributed by atoms with E-state index in [0.717, 1.165) is 70.6 Å². The Bertz CT molecular complexity index is 874. The second kappa shape index (κ2) is 45.8. The first-order chi connectivity index (χ1) is 27.5. The van der Waals surface area contributed by atoms with Crippen molar-refractivity contribution in [3.63, 3.8) is 0 Å². The molecule has 0 aliphatic rings. The smallest absolute Gasteiger partial charge is 0.322 e. The van der Waals surface area contributed by atoms with Gasteiger partial charge in [-0.2, -0.15) is 0 Å². The zero-order valence-electron chi connectivity index (χ0n) is 37.5. The van der Waals surface area contributed by atoms with Gasteiger partial charge in [-0.15, -0.1) is 0 Å². The van der Waals surface area contributed by atoms with E-state index in [1.807, 2.05) is 0 Å². The largest absolute Gasteiger partial charge is 0.480 e. The Labute approximate surface area is 348 Å². The number of amides is 1. The molecule has 0 heterocycles. The van der Waals surface area contributed by atoms with Crippen molar-refractivity contribution in [2.75, 3.05) is 6.54 Å². The number of rotatable bonds is 46. The lowest BCUT2D eigenvalue weighted by Gasteiger charge is -2.18. The second-order valence-corrected chi connectivity index (χ2v) is 17.1. The van der Waals surface area contributed by atoms with Crippen LogP contribution in [0.15, 0.2) is 12.2 Å². The summed E-state index contributed by atoms with van der Waals surface area (Å²) < 4.78 is 6.03. The molecule has 0 aromatic heterocycles. The Balaban J connectivity index is 3.97. The molecular weight excluding hydrogens is 695 g/mol. The van der Waals surface area contributed by atoms with Crippen molar-refractivity contribution in [3.05, 3.63) is 12.2 Å². The molecule has 0 bridgehead atoms. The maximum atomic E-state index is 12.8. The van der Waals surface area contributed by atoms with E-state index in [9.17, 15) is 14.4 Å². The summed E-state index contributed by atoms with van der Waals surface area (Å²) in [7, 11) is 0. The molecule has 0 rings (SSSR count). The first kappa shape index (κ1) is 54.2. The van der Waals surface area contributed by atoms with Crippen LogP contribution < -0.4 is 5.32 Å². The fourth-order valence-electron chi connectivity index (χ4n) is 7.75. The summed E-state index contributed by atoms with van der Waals surface area (Å²) in [5.74, 6) is -1.23. The van der Waals surface area contributed by atoms with Crippen LogP contribution in [0.1, 0.15) is 277 Å². The van der Waals surface area contributed by atoms with Crippen LogP contribution in [0.4, 0.5) is 0 Å². The summed E-state index contributed by atoms with van der Waals surface area (Å²) in [5, 5.41) is 11.1. The maximum Gasteiger partial charge on any atom is 0.322 e. The Morgan fingerprint density at radius 3 is 1.21 bits per heavy atom. The van der Waals surface area contributed by atoms with Crippen LogP contribution in [0.25, 0.3) is 0 Å². The van der Waals surface area contributed by atoms with Gasteiger partial charge < -0.3 is 15.2 Å². The Morgan fingerprint density at radius 2 is 0.786 bits per heavy atom. The van der Waals surface area contributed by atoms with Crippen molar-refractivity contribution in [3.8, 4) is 0 Å². The van der Waals surface area contributed by atoms with Crippen molar-refractivity contribution in [1.29, 1.82) is 0 Å². The molecule has 0 spiro atoms. The average Bonchev–Trinajstić information content (AvgIpc) is 3.18. The minimum atomic E-state index is -1.01. The van der Waals surface area contributed by atoms with Crippen molar-refractivity contribution in [2.45, 2.75) is 283 Å². The summed E-state index contributed by atoms with van der Waals surface area (Å²) in [4.78, 5) is 35.1. The number of carboxylic acid groups (broad SMARTS) is 1. The predicted molar refractivity (Wildman–Crippen MR) is 240 cm³/mol. The van der Waals surface area contributed by atoms with E-state index in [2.05, 4.69) is 31.3 Å². The van der Waals surface area contributed by atoms with Gasteiger partial charge in [-0.05, 0) is 57.8 Å². The molecule has 2 N–H and O–H groups in total. The molecule has 56 heavy (non-hydrogen) atoms. The molecule has 0 radical (unpaired) electrons. The number of carboxylic acids is 1. The van der Waals surface area contributed by atoms with Crippen LogP contribution in [0.2, 0.25) is 0 Å². The van der Waals surface area contributed by atoms with E-state index in [4.69, 9.17) is 9.84 Å². The molecule has 1 atom stereocenters. The number of ether oxygens (including phenoxy) is 1. The first-order valence-corrected chi connectivity index (χ1v) is 24.8. The summed E-state index contributed by atoms with van der Waals surface area (Å²) in [6.45, 7) is 4.24. The van der Waals surface area contributed by atoms with Gasteiger partial charge in [0.25, 0.3) is 0 Å². The molecule has 0 saturated heterocycles. The Kier molecular flexibility index (Phi) is 44.3. The fourth-order valence-corrected chi connectivity index (χ4v) is 7.75. The van der Waals surface area contributed by atoms with Crippen molar-refractivity contribution in [2.24, 2.45) is 0 Å². The molecule has 6 heteroatoms. The molecule has 1 unspecified atom stereocenters. The van der Waals surface area contributed by atoms with Gasteiger partial charge in [0.15, 0.2) is 0 Å². The van der Waals surface area contributed by atoms with E-state index in [1.165, 1.54) is 180 Å². The third kappa shape index (κ3) is 44.9. The highest BCUT2D eigenvalue weighted by Crippen LogP contribution is 2.19. The summed E-state index contributed by atoms with van der Waals surface area (Å²) in [6, 6.07) is 0. The van der Waals surface area contributed by atoms with Crippen molar-refractivity contribution < 1.29 is 24.2 Å². The molecule has 330 valence electrons. The van der Waals surface area contributed by atoms with E-state index in [1.54, 1.807) is 0 Å². The van der Waals surface area contributed by atoms with Gasteiger partial charge in [-0.1, -0.05) is 219 Å². The molecule has 0 fully saturated rings. The predicted octanol–water partition coefficient (Wildman–Crippen LogP) is 15.7. The lowest BCUT2D eigenvalue weighted by atomic mass is 10.0. The van der Waals surface area contributed by atoms with Gasteiger partial charge in [-0.3, -0.25) is 14.4 Å². The third-order valence-electron chi connectivity index (χ3n) is 11.4. The fraction of sp³-hybridized carbons (Fsp3) is 0.900. The molecule has 6 nitrogen and oxygen atoms in total. The van der Waals surface area contributed by atoms with Gasteiger partial charge in [0, 0.05) is 12.8 Å². The molecular formula is C50H95NO5. The van der Waals surface area contributed by atoms with Gasteiger partial charge in [0.2, 0.25) is 5.91 Å². The normalized spacial score (nSPS) is 12.0. The molecule has 0 aliphatic heterocycles. The number of hydrogen-bond donors (Lipinski definition) is 2. The zero-order chi connectivity index (χ0) is 40.8. The molecule has 0 aliphatic carbocycles. The molecule has 1 amide bonds. The Hall–Kier alpha value is -1.85. The topological polar surface area (TPSA) is 92.7 Å². The van der Waals surface area contributed by atoms with E-state index < -0.39 is 5.97 Å². The number of carbonyl (C=O) groups excluding carboxylic acids is 2. The first-order valence-electron chi connectivity index (χ1n) is 24.8. The van der Waals surface area contributed by atoms with Gasteiger partial charge in [0.05, 0.1) is 0 Å². The summed E-state index contributed by atoms with van der Waals surface area (Å²) in [5.41, 5.74) is 0. The van der Waals surface area contributed by atoms with Crippen LogP contribution in [0, 0.1) is 0 Å². The number of allylic oxidation sites excluding steroid dienone is 2. The third-order valence-corrected chi connectivity index (χ3v) is 11.4. The quantitative estimate of drug-likeness (QED) is 0.0364. The number of hydrogen-bond acceptors (Lipinski definition) is 4. The highest BCUT2D eigenvalue weighted by atomic mass is 16.5. The average molecular weight is 790 g/mol. The van der Waals surface area contributed by atoms with E-state index in [-0.39, 0.29) is 24.5 Å².